The van der Waals surface area contributed by atoms with E-state index in [1.165, 1.54) is 23.1 Å². The standard InChI is InChI=1S/C12H18ClN/c1-4-5-14-8-12-9(2)6-11(13)7-10(12)3/h6-7,14H,4-5,8H2,1-3H3. The molecule has 1 N–H and O–H groups in total. The van der Waals surface area contributed by atoms with Crippen molar-refractivity contribution in [2.24, 2.45) is 0 Å². The second-order valence-corrected chi connectivity index (χ2v) is 4.13. The molecule has 0 fully saturated rings. The Balaban J connectivity index is 2.75. The molecule has 0 unspecified atom stereocenters. The molecule has 0 atom stereocenters. The SMILES string of the molecule is CCCNCc1c(C)cc(Cl)cc1C. The lowest BCUT2D eigenvalue weighted by Gasteiger charge is -2.11. The third-order valence-corrected chi connectivity index (χ3v) is 2.61. The molecule has 0 aromatic heterocycles. The van der Waals surface area contributed by atoms with Gasteiger partial charge in [-0.25, -0.2) is 0 Å². The van der Waals surface area contributed by atoms with Crippen LogP contribution in [0.5, 0.6) is 0 Å². The first-order chi connectivity index (χ1) is 6.65. The number of aryl methyl sites for hydroxylation is 2. The average molecular weight is 212 g/mol. The van der Waals surface area contributed by atoms with Gasteiger partial charge in [0.2, 0.25) is 0 Å². The van der Waals surface area contributed by atoms with Crippen LogP contribution in [0.1, 0.15) is 30.0 Å². The van der Waals surface area contributed by atoms with Gasteiger partial charge in [-0.3, -0.25) is 0 Å². The molecule has 0 amide bonds. The molecule has 2 heteroatoms. The molecule has 0 aliphatic carbocycles. The van der Waals surface area contributed by atoms with Gasteiger partial charge in [-0.05, 0) is 55.6 Å². The fraction of sp³-hybridized carbons (Fsp3) is 0.500. The quantitative estimate of drug-likeness (QED) is 0.753. The van der Waals surface area contributed by atoms with Crippen molar-refractivity contribution in [1.29, 1.82) is 0 Å². The maximum atomic E-state index is 5.96. The summed E-state index contributed by atoms with van der Waals surface area (Å²) in [6.45, 7) is 8.42. The highest BCUT2D eigenvalue weighted by Crippen LogP contribution is 2.19. The van der Waals surface area contributed by atoms with Crippen molar-refractivity contribution in [3.63, 3.8) is 0 Å². The smallest absolute Gasteiger partial charge is 0.0411 e. The van der Waals surface area contributed by atoms with E-state index in [9.17, 15) is 0 Å². The van der Waals surface area contributed by atoms with Gasteiger partial charge in [0.1, 0.15) is 0 Å². The van der Waals surface area contributed by atoms with Gasteiger partial charge in [-0.15, -0.1) is 0 Å². The third kappa shape index (κ3) is 3.00. The van der Waals surface area contributed by atoms with Crippen molar-refractivity contribution in [1.82, 2.24) is 5.32 Å². The summed E-state index contributed by atoms with van der Waals surface area (Å²) in [5.41, 5.74) is 3.93. The molecule has 0 bridgehead atoms. The average Bonchev–Trinajstić information content (AvgIpc) is 2.09. The number of hydrogen-bond donors (Lipinski definition) is 1. The summed E-state index contributed by atoms with van der Waals surface area (Å²) in [6.07, 6.45) is 1.17. The molecule has 0 saturated heterocycles. The summed E-state index contributed by atoms with van der Waals surface area (Å²) < 4.78 is 0. The molecular weight excluding hydrogens is 194 g/mol. The molecule has 1 aromatic carbocycles. The minimum Gasteiger partial charge on any atom is -0.313 e. The van der Waals surface area contributed by atoms with Gasteiger partial charge in [-0.2, -0.15) is 0 Å². The Morgan fingerprint density at radius 1 is 1.21 bits per heavy atom. The Hall–Kier alpha value is -0.530. The lowest BCUT2D eigenvalue weighted by atomic mass is 10.0. The number of hydrogen-bond acceptors (Lipinski definition) is 1. The van der Waals surface area contributed by atoms with Gasteiger partial charge in [0.15, 0.2) is 0 Å². The Morgan fingerprint density at radius 3 is 2.29 bits per heavy atom. The first kappa shape index (κ1) is 11.5. The van der Waals surface area contributed by atoms with Crippen molar-refractivity contribution in [2.75, 3.05) is 6.54 Å². The van der Waals surface area contributed by atoms with Crippen LogP contribution < -0.4 is 5.32 Å². The zero-order chi connectivity index (χ0) is 10.6. The topological polar surface area (TPSA) is 12.0 Å². The molecule has 0 heterocycles. The second kappa shape index (κ2) is 5.38. The van der Waals surface area contributed by atoms with Gasteiger partial charge in [0, 0.05) is 11.6 Å². The summed E-state index contributed by atoms with van der Waals surface area (Å²) in [7, 11) is 0. The maximum Gasteiger partial charge on any atom is 0.0411 e. The van der Waals surface area contributed by atoms with Gasteiger partial charge in [0.25, 0.3) is 0 Å². The molecule has 0 aliphatic heterocycles. The molecule has 0 spiro atoms. The summed E-state index contributed by atoms with van der Waals surface area (Å²) >= 11 is 5.96. The van der Waals surface area contributed by atoms with E-state index in [-0.39, 0.29) is 0 Å². The van der Waals surface area contributed by atoms with Crippen LogP contribution in [0, 0.1) is 13.8 Å². The van der Waals surface area contributed by atoms with Gasteiger partial charge in [-0.1, -0.05) is 18.5 Å². The van der Waals surface area contributed by atoms with Crippen molar-refractivity contribution in [2.45, 2.75) is 33.7 Å². The van der Waals surface area contributed by atoms with Crippen LogP contribution in [0.3, 0.4) is 0 Å². The summed E-state index contributed by atoms with van der Waals surface area (Å²) in [5, 5.41) is 4.24. The van der Waals surface area contributed by atoms with E-state index >= 15 is 0 Å². The molecule has 1 nitrogen and oxygen atoms in total. The van der Waals surface area contributed by atoms with Gasteiger partial charge < -0.3 is 5.32 Å². The Kier molecular flexibility index (Phi) is 4.43. The monoisotopic (exact) mass is 211 g/mol. The summed E-state index contributed by atoms with van der Waals surface area (Å²) in [5.74, 6) is 0. The van der Waals surface area contributed by atoms with Gasteiger partial charge in [0.05, 0.1) is 0 Å². The van der Waals surface area contributed by atoms with Crippen LogP contribution >= 0.6 is 11.6 Å². The van der Waals surface area contributed by atoms with E-state index in [1.54, 1.807) is 0 Å². The molecule has 0 aliphatic rings. The maximum absolute atomic E-state index is 5.96. The lowest BCUT2D eigenvalue weighted by molar-refractivity contribution is 0.671. The summed E-state index contributed by atoms with van der Waals surface area (Å²) in [6, 6.07) is 4.05. The second-order valence-electron chi connectivity index (χ2n) is 3.69. The van der Waals surface area contributed by atoms with E-state index in [1.807, 2.05) is 12.1 Å². The van der Waals surface area contributed by atoms with E-state index in [0.29, 0.717) is 0 Å². The zero-order valence-corrected chi connectivity index (χ0v) is 9.91. The Labute approximate surface area is 91.5 Å². The predicted octanol–water partition coefficient (Wildman–Crippen LogP) is 3.46. The molecule has 78 valence electrons. The first-order valence-corrected chi connectivity index (χ1v) is 5.49. The number of nitrogens with one attached hydrogen (secondary N) is 1. The van der Waals surface area contributed by atoms with E-state index < -0.39 is 0 Å². The minimum absolute atomic E-state index is 0.833. The van der Waals surface area contributed by atoms with Crippen molar-refractivity contribution >= 4 is 11.6 Å². The highest BCUT2D eigenvalue weighted by molar-refractivity contribution is 6.30. The fourth-order valence-corrected chi connectivity index (χ4v) is 1.94. The van der Waals surface area contributed by atoms with Crippen molar-refractivity contribution in [3.05, 3.63) is 33.8 Å². The van der Waals surface area contributed by atoms with E-state index in [2.05, 4.69) is 26.1 Å². The molecular formula is C12H18ClN. The number of halogens is 1. The third-order valence-electron chi connectivity index (χ3n) is 2.39. The molecule has 1 rings (SSSR count). The number of rotatable bonds is 4. The van der Waals surface area contributed by atoms with Crippen LogP contribution in [-0.2, 0) is 6.54 Å². The van der Waals surface area contributed by atoms with Crippen LogP contribution in [0.15, 0.2) is 12.1 Å². The Bertz CT molecular complexity index is 284. The lowest BCUT2D eigenvalue weighted by Crippen LogP contribution is -2.15. The van der Waals surface area contributed by atoms with Gasteiger partial charge >= 0.3 is 0 Å². The van der Waals surface area contributed by atoms with Crippen LogP contribution in [0.4, 0.5) is 0 Å². The number of benzene rings is 1. The van der Waals surface area contributed by atoms with Crippen LogP contribution in [0.25, 0.3) is 0 Å². The molecule has 0 saturated carbocycles. The van der Waals surface area contributed by atoms with Crippen LogP contribution in [0.2, 0.25) is 5.02 Å². The predicted molar refractivity (Wildman–Crippen MR) is 62.9 cm³/mol. The largest absolute Gasteiger partial charge is 0.313 e. The molecule has 14 heavy (non-hydrogen) atoms. The zero-order valence-electron chi connectivity index (χ0n) is 9.15. The van der Waals surface area contributed by atoms with E-state index in [0.717, 1.165) is 18.1 Å². The first-order valence-electron chi connectivity index (χ1n) is 5.11. The fourth-order valence-electron chi connectivity index (χ4n) is 1.61. The highest BCUT2D eigenvalue weighted by Gasteiger charge is 2.03. The Morgan fingerprint density at radius 2 is 1.79 bits per heavy atom. The highest BCUT2D eigenvalue weighted by atomic mass is 35.5. The molecule has 0 radical (unpaired) electrons. The van der Waals surface area contributed by atoms with E-state index in [4.69, 9.17) is 11.6 Å². The summed E-state index contributed by atoms with van der Waals surface area (Å²) in [4.78, 5) is 0. The van der Waals surface area contributed by atoms with Crippen molar-refractivity contribution in [3.8, 4) is 0 Å². The van der Waals surface area contributed by atoms with Crippen molar-refractivity contribution < 1.29 is 0 Å². The van der Waals surface area contributed by atoms with Crippen LogP contribution in [-0.4, -0.2) is 6.54 Å². The minimum atomic E-state index is 0.833. The normalized spacial score (nSPS) is 10.6. The molecule has 1 aromatic rings.